The van der Waals surface area contributed by atoms with Crippen LogP contribution in [-0.2, 0) is 9.59 Å². The van der Waals surface area contributed by atoms with E-state index < -0.39 is 12.0 Å². The van der Waals surface area contributed by atoms with Crippen LogP contribution in [0.1, 0.15) is 29.6 Å². The van der Waals surface area contributed by atoms with Gasteiger partial charge in [0.15, 0.2) is 0 Å². The Labute approximate surface area is 138 Å². The molecule has 0 saturated heterocycles. The summed E-state index contributed by atoms with van der Waals surface area (Å²) in [6.45, 7) is -0.00917. The maximum atomic E-state index is 12.9. The van der Waals surface area contributed by atoms with Gasteiger partial charge in [-0.3, -0.25) is 9.59 Å². The lowest BCUT2D eigenvalue weighted by Gasteiger charge is -2.25. The molecule has 0 spiro atoms. The number of carbonyl (C=O) groups excluding carboxylic acids is 2. The molecule has 0 aromatic heterocycles. The quantitative estimate of drug-likeness (QED) is 0.804. The summed E-state index contributed by atoms with van der Waals surface area (Å²) in [7, 11) is 0. The number of amides is 2. The first-order chi connectivity index (χ1) is 11.5. The van der Waals surface area contributed by atoms with Gasteiger partial charge in [0.05, 0.1) is 12.0 Å². The first kappa shape index (κ1) is 16.1. The summed E-state index contributed by atoms with van der Waals surface area (Å²) < 4.78 is 12.9. The lowest BCUT2D eigenvalue weighted by atomic mass is 9.90. The van der Waals surface area contributed by atoms with Crippen LogP contribution in [0.3, 0.4) is 0 Å². The SMILES string of the molecule is O=C1CC(C(=O)NCC(O)c2ccc(F)cc2)c2ccccc2N1. The zero-order chi connectivity index (χ0) is 17.1. The summed E-state index contributed by atoms with van der Waals surface area (Å²) in [5, 5.41) is 15.5. The van der Waals surface area contributed by atoms with E-state index >= 15 is 0 Å². The highest BCUT2D eigenvalue weighted by molar-refractivity contribution is 6.01. The van der Waals surface area contributed by atoms with E-state index in [0.29, 0.717) is 11.3 Å². The highest BCUT2D eigenvalue weighted by Crippen LogP contribution is 2.32. The van der Waals surface area contributed by atoms with Gasteiger partial charge in [-0.1, -0.05) is 30.3 Å². The van der Waals surface area contributed by atoms with E-state index in [9.17, 15) is 19.1 Å². The van der Waals surface area contributed by atoms with Crippen LogP contribution < -0.4 is 10.6 Å². The van der Waals surface area contributed by atoms with Crippen LogP contribution in [0, 0.1) is 5.82 Å². The molecule has 0 bridgehead atoms. The second kappa shape index (κ2) is 6.80. The van der Waals surface area contributed by atoms with E-state index in [1.54, 1.807) is 18.2 Å². The third-order valence-corrected chi connectivity index (χ3v) is 4.04. The van der Waals surface area contributed by atoms with Crippen molar-refractivity contribution in [1.82, 2.24) is 5.32 Å². The topological polar surface area (TPSA) is 78.4 Å². The Morgan fingerprint density at radius 2 is 1.96 bits per heavy atom. The first-order valence-electron chi connectivity index (χ1n) is 7.64. The number of aliphatic hydroxyl groups is 1. The van der Waals surface area contributed by atoms with Gasteiger partial charge in [0.25, 0.3) is 0 Å². The van der Waals surface area contributed by atoms with Crippen LogP contribution in [0.2, 0.25) is 0 Å². The molecule has 6 heteroatoms. The van der Waals surface area contributed by atoms with E-state index in [4.69, 9.17) is 0 Å². The van der Waals surface area contributed by atoms with E-state index in [1.807, 2.05) is 6.07 Å². The number of fused-ring (bicyclic) bond motifs is 1. The predicted molar refractivity (Wildman–Crippen MR) is 86.8 cm³/mol. The van der Waals surface area contributed by atoms with E-state index in [2.05, 4.69) is 10.6 Å². The number of nitrogens with one attached hydrogen (secondary N) is 2. The Bertz CT molecular complexity index is 761. The molecule has 1 heterocycles. The maximum absolute atomic E-state index is 12.9. The first-order valence-corrected chi connectivity index (χ1v) is 7.64. The highest BCUT2D eigenvalue weighted by Gasteiger charge is 2.30. The summed E-state index contributed by atoms with van der Waals surface area (Å²) in [5.74, 6) is -1.51. The summed E-state index contributed by atoms with van der Waals surface area (Å²) in [6, 6.07) is 12.6. The summed E-state index contributed by atoms with van der Waals surface area (Å²) >= 11 is 0. The molecule has 124 valence electrons. The average molecular weight is 328 g/mol. The second-order valence-electron chi connectivity index (χ2n) is 5.70. The summed E-state index contributed by atoms with van der Waals surface area (Å²) in [5.41, 5.74) is 1.90. The number of rotatable bonds is 4. The number of halogens is 1. The molecule has 0 aliphatic carbocycles. The van der Waals surface area contributed by atoms with Crippen LogP contribution >= 0.6 is 0 Å². The number of hydrogen-bond donors (Lipinski definition) is 3. The lowest BCUT2D eigenvalue weighted by Crippen LogP contribution is -2.36. The van der Waals surface area contributed by atoms with Crippen molar-refractivity contribution < 1.29 is 19.1 Å². The minimum absolute atomic E-state index is 0.00917. The van der Waals surface area contributed by atoms with Gasteiger partial charge in [0, 0.05) is 18.7 Å². The van der Waals surface area contributed by atoms with Crippen LogP contribution in [0.4, 0.5) is 10.1 Å². The normalized spacial score (nSPS) is 17.6. The Kier molecular flexibility index (Phi) is 4.57. The Morgan fingerprint density at radius 1 is 1.25 bits per heavy atom. The Hall–Kier alpha value is -2.73. The van der Waals surface area contributed by atoms with Gasteiger partial charge in [0.1, 0.15) is 5.82 Å². The molecule has 0 fully saturated rings. The van der Waals surface area contributed by atoms with E-state index in [-0.39, 0.29) is 30.6 Å². The minimum Gasteiger partial charge on any atom is -0.387 e. The smallest absolute Gasteiger partial charge is 0.228 e. The largest absolute Gasteiger partial charge is 0.387 e. The molecule has 1 aliphatic rings. The molecule has 24 heavy (non-hydrogen) atoms. The van der Waals surface area contributed by atoms with Crippen molar-refractivity contribution in [3.8, 4) is 0 Å². The fraction of sp³-hybridized carbons (Fsp3) is 0.222. The number of hydrogen-bond acceptors (Lipinski definition) is 3. The highest BCUT2D eigenvalue weighted by atomic mass is 19.1. The molecule has 2 unspecified atom stereocenters. The van der Waals surface area contributed by atoms with Crippen LogP contribution in [-0.4, -0.2) is 23.5 Å². The summed E-state index contributed by atoms with van der Waals surface area (Å²) in [4.78, 5) is 24.2. The van der Waals surface area contributed by atoms with Crippen molar-refractivity contribution in [2.45, 2.75) is 18.4 Å². The van der Waals surface area contributed by atoms with Gasteiger partial charge in [-0.05, 0) is 29.3 Å². The lowest BCUT2D eigenvalue weighted by molar-refractivity contribution is -0.126. The molecule has 3 N–H and O–H groups in total. The molecule has 1 aliphatic heterocycles. The van der Waals surface area contributed by atoms with Gasteiger partial charge in [-0.2, -0.15) is 0 Å². The molecule has 2 atom stereocenters. The zero-order valence-corrected chi connectivity index (χ0v) is 12.8. The fourth-order valence-electron chi connectivity index (χ4n) is 2.77. The van der Waals surface area contributed by atoms with Crippen molar-refractivity contribution in [2.75, 3.05) is 11.9 Å². The number of anilines is 1. The van der Waals surface area contributed by atoms with Gasteiger partial charge in [0.2, 0.25) is 11.8 Å². The van der Waals surface area contributed by atoms with E-state index in [0.717, 1.165) is 5.56 Å². The minimum atomic E-state index is -0.942. The number of benzene rings is 2. The molecule has 0 radical (unpaired) electrons. The Balaban J connectivity index is 1.67. The molecular formula is C18H17FN2O3. The monoisotopic (exact) mass is 328 g/mol. The van der Waals surface area contributed by atoms with Crippen molar-refractivity contribution >= 4 is 17.5 Å². The van der Waals surface area contributed by atoms with Crippen molar-refractivity contribution in [3.05, 3.63) is 65.5 Å². The fourth-order valence-corrected chi connectivity index (χ4v) is 2.77. The van der Waals surface area contributed by atoms with Crippen LogP contribution in [0.15, 0.2) is 48.5 Å². The molecule has 5 nitrogen and oxygen atoms in total. The standard InChI is InChI=1S/C18H17FN2O3/c19-12-7-5-11(6-8-12)16(22)10-20-18(24)14-9-17(23)21-15-4-2-1-3-13(14)15/h1-8,14,16,22H,9-10H2,(H,20,24)(H,21,23). The predicted octanol–water partition coefficient (Wildman–Crippen LogP) is 2.10. The van der Waals surface area contributed by atoms with Gasteiger partial charge in [-0.15, -0.1) is 0 Å². The maximum Gasteiger partial charge on any atom is 0.228 e. The number of para-hydroxylation sites is 1. The van der Waals surface area contributed by atoms with Gasteiger partial charge < -0.3 is 15.7 Å². The van der Waals surface area contributed by atoms with Crippen molar-refractivity contribution in [2.24, 2.45) is 0 Å². The van der Waals surface area contributed by atoms with Gasteiger partial charge >= 0.3 is 0 Å². The van der Waals surface area contributed by atoms with Gasteiger partial charge in [-0.25, -0.2) is 4.39 Å². The molecule has 0 saturated carbocycles. The molecule has 3 rings (SSSR count). The number of aliphatic hydroxyl groups excluding tert-OH is 1. The summed E-state index contributed by atoms with van der Waals surface area (Å²) in [6.07, 6.45) is -0.877. The third-order valence-electron chi connectivity index (χ3n) is 4.04. The zero-order valence-electron chi connectivity index (χ0n) is 12.8. The van der Waals surface area contributed by atoms with Crippen LogP contribution in [0.25, 0.3) is 0 Å². The van der Waals surface area contributed by atoms with Crippen molar-refractivity contribution in [3.63, 3.8) is 0 Å². The number of carbonyl (C=O) groups is 2. The van der Waals surface area contributed by atoms with Crippen LogP contribution in [0.5, 0.6) is 0 Å². The molecule has 2 aromatic carbocycles. The molecular weight excluding hydrogens is 311 g/mol. The molecule has 2 amide bonds. The second-order valence-corrected chi connectivity index (χ2v) is 5.70. The van der Waals surface area contributed by atoms with E-state index in [1.165, 1.54) is 24.3 Å². The average Bonchev–Trinajstić information content (AvgIpc) is 2.59. The van der Waals surface area contributed by atoms with Crippen molar-refractivity contribution in [1.29, 1.82) is 0 Å². The Morgan fingerprint density at radius 3 is 2.71 bits per heavy atom. The molecule has 2 aromatic rings. The third kappa shape index (κ3) is 3.44.